The van der Waals surface area contributed by atoms with Crippen LogP contribution in [0.5, 0.6) is 0 Å². The molecule has 4 atom stereocenters. The van der Waals surface area contributed by atoms with Crippen molar-refractivity contribution < 1.29 is 4.92 Å². The predicted molar refractivity (Wildman–Crippen MR) is 133 cm³/mol. The summed E-state index contributed by atoms with van der Waals surface area (Å²) in [5.41, 5.74) is 5.37. The quantitative estimate of drug-likeness (QED) is 0.301. The van der Waals surface area contributed by atoms with E-state index in [1.165, 1.54) is 0 Å². The summed E-state index contributed by atoms with van der Waals surface area (Å²) in [6.07, 6.45) is 5.41. The SMILES string of the molecule is O=[N+]([O-])C1C(Cc2cnc[nH]2)NC2(c3ccccc3-c3nc4ccccc4nc32)C1c1ccccn1. The Morgan fingerprint density at radius 3 is 2.50 bits per heavy atom. The van der Waals surface area contributed by atoms with Crippen molar-refractivity contribution in [3.05, 3.63) is 118 Å². The minimum Gasteiger partial charge on any atom is -0.348 e. The maximum Gasteiger partial charge on any atom is 0.239 e. The lowest BCUT2D eigenvalue weighted by Gasteiger charge is -2.32. The standard InChI is InChI=1S/C27H21N7O2/c35-34(36)25-22(13-16-14-28-15-30-16)33-27(23(25)21-11-5-6-12-29-21)18-8-2-1-7-17(18)24-26(27)32-20-10-4-3-9-19(20)31-24/h1-12,14-15,22-23,25,33H,13H2,(H,28,30). The van der Waals surface area contributed by atoms with Crippen molar-refractivity contribution in [2.24, 2.45) is 0 Å². The zero-order chi connectivity index (χ0) is 24.3. The molecule has 1 spiro atoms. The van der Waals surface area contributed by atoms with Crippen LogP contribution in [0.2, 0.25) is 0 Å². The van der Waals surface area contributed by atoms with Crippen molar-refractivity contribution in [2.75, 3.05) is 0 Å². The fourth-order valence-corrected chi connectivity index (χ4v) is 6.07. The Balaban J connectivity index is 1.54. The molecule has 36 heavy (non-hydrogen) atoms. The second kappa shape index (κ2) is 7.76. The molecule has 2 N–H and O–H groups in total. The molecule has 9 heteroatoms. The third-order valence-electron chi connectivity index (χ3n) is 7.43. The number of imidazole rings is 1. The van der Waals surface area contributed by atoms with Gasteiger partial charge in [0.1, 0.15) is 5.54 Å². The number of aromatic amines is 1. The number of H-pyrrole nitrogens is 1. The molecule has 1 fully saturated rings. The van der Waals surface area contributed by atoms with Gasteiger partial charge in [0.15, 0.2) is 0 Å². The number of nitrogens with zero attached hydrogens (tertiary/aromatic N) is 5. The van der Waals surface area contributed by atoms with Crippen LogP contribution in [0.15, 0.2) is 85.5 Å². The Morgan fingerprint density at radius 2 is 1.75 bits per heavy atom. The van der Waals surface area contributed by atoms with Gasteiger partial charge in [0.25, 0.3) is 0 Å². The smallest absolute Gasteiger partial charge is 0.239 e. The third-order valence-corrected chi connectivity index (χ3v) is 7.43. The minimum atomic E-state index is -0.972. The third kappa shape index (κ3) is 2.86. The average Bonchev–Trinajstić information content (AvgIpc) is 3.61. The number of benzene rings is 2. The zero-order valence-corrected chi connectivity index (χ0v) is 19.1. The average molecular weight is 476 g/mol. The first-order chi connectivity index (χ1) is 17.7. The zero-order valence-electron chi connectivity index (χ0n) is 19.1. The Kier molecular flexibility index (Phi) is 4.49. The van der Waals surface area contributed by atoms with Gasteiger partial charge in [-0.25, -0.2) is 15.0 Å². The van der Waals surface area contributed by atoms with Gasteiger partial charge in [0.05, 0.1) is 46.4 Å². The van der Waals surface area contributed by atoms with E-state index in [9.17, 15) is 10.1 Å². The van der Waals surface area contributed by atoms with Crippen molar-refractivity contribution in [2.45, 2.75) is 30.0 Å². The van der Waals surface area contributed by atoms with Crippen LogP contribution in [0, 0.1) is 10.1 Å². The Morgan fingerprint density at radius 1 is 0.972 bits per heavy atom. The maximum atomic E-state index is 12.8. The van der Waals surface area contributed by atoms with E-state index < -0.39 is 23.5 Å². The van der Waals surface area contributed by atoms with E-state index >= 15 is 0 Å². The van der Waals surface area contributed by atoms with Crippen LogP contribution in [-0.2, 0) is 12.0 Å². The molecule has 3 aromatic heterocycles. The summed E-state index contributed by atoms with van der Waals surface area (Å²) in [6.45, 7) is 0. The second-order valence-corrected chi connectivity index (χ2v) is 9.30. The number of hydrogen-bond acceptors (Lipinski definition) is 7. The summed E-state index contributed by atoms with van der Waals surface area (Å²) in [5, 5.41) is 16.5. The highest BCUT2D eigenvalue weighted by Crippen LogP contribution is 2.57. The van der Waals surface area contributed by atoms with Crippen molar-refractivity contribution in [3.63, 3.8) is 0 Å². The van der Waals surface area contributed by atoms with Crippen molar-refractivity contribution >= 4 is 11.0 Å². The summed E-state index contributed by atoms with van der Waals surface area (Å²) in [5.74, 6) is -0.612. The van der Waals surface area contributed by atoms with Crippen molar-refractivity contribution in [1.82, 2.24) is 30.2 Å². The molecule has 4 heterocycles. The number of nitrogens with one attached hydrogen (secondary N) is 2. The van der Waals surface area contributed by atoms with Gasteiger partial charge in [0, 0.05) is 35.0 Å². The molecule has 1 aliphatic heterocycles. The molecular weight excluding hydrogens is 454 g/mol. The monoisotopic (exact) mass is 475 g/mol. The number of nitro groups is 1. The molecular formula is C27H21N7O2. The van der Waals surface area contributed by atoms with Crippen LogP contribution in [0.1, 0.15) is 28.6 Å². The summed E-state index contributed by atoms with van der Waals surface area (Å²) in [7, 11) is 0. The van der Waals surface area contributed by atoms with Crippen molar-refractivity contribution in [3.8, 4) is 11.3 Å². The lowest BCUT2D eigenvalue weighted by molar-refractivity contribution is -0.527. The number of fused-ring (bicyclic) bond motifs is 6. The van der Waals surface area contributed by atoms with E-state index in [4.69, 9.17) is 9.97 Å². The molecule has 0 saturated carbocycles. The van der Waals surface area contributed by atoms with Gasteiger partial charge in [-0.1, -0.05) is 42.5 Å². The van der Waals surface area contributed by atoms with Gasteiger partial charge in [-0.05, 0) is 29.8 Å². The van der Waals surface area contributed by atoms with Crippen LogP contribution in [0.4, 0.5) is 0 Å². The van der Waals surface area contributed by atoms with Gasteiger partial charge in [-0.15, -0.1) is 0 Å². The normalized spacial score (nSPS) is 24.2. The van der Waals surface area contributed by atoms with E-state index in [1.54, 1.807) is 18.7 Å². The van der Waals surface area contributed by atoms with Crippen LogP contribution in [0.25, 0.3) is 22.3 Å². The highest BCUT2D eigenvalue weighted by molar-refractivity contribution is 5.84. The largest absolute Gasteiger partial charge is 0.348 e. The Labute approximate surface area is 205 Å². The lowest BCUT2D eigenvalue weighted by atomic mass is 9.75. The summed E-state index contributed by atoms with van der Waals surface area (Å²) in [6, 6.07) is 19.8. The van der Waals surface area contributed by atoms with Gasteiger partial charge in [0.2, 0.25) is 6.04 Å². The fraction of sp³-hybridized carbons (Fsp3) is 0.185. The molecule has 0 bridgehead atoms. The van der Waals surface area contributed by atoms with E-state index in [-0.39, 0.29) is 4.92 Å². The highest BCUT2D eigenvalue weighted by Gasteiger charge is 2.65. The number of pyridine rings is 1. The first-order valence-corrected chi connectivity index (χ1v) is 11.8. The van der Waals surface area contributed by atoms with E-state index in [0.29, 0.717) is 17.8 Å². The number of rotatable bonds is 4. The second-order valence-electron chi connectivity index (χ2n) is 9.30. The number of para-hydroxylation sites is 2. The molecule has 5 aromatic rings. The summed E-state index contributed by atoms with van der Waals surface area (Å²) in [4.78, 5) is 34.6. The fourth-order valence-electron chi connectivity index (χ4n) is 6.07. The molecule has 0 radical (unpaired) electrons. The molecule has 2 aromatic carbocycles. The maximum absolute atomic E-state index is 12.8. The van der Waals surface area contributed by atoms with Gasteiger partial charge in [-0.2, -0.15) is 0 Å². The van der Waals surface area contributed by atoms with E-state index in [2.05, 4.69) is 20.3 Å². The predicted octanol–water partition coefficient (Wildman–Crippen LogP) is 3.62. The van der Waals surface area contributed by atoms with Crippen molar-refractivity contribution in [1.29, 1.82) is 0 Å². The molecule has 0 amide bonds. The minimum absolute atomic E-state index is 0.169. The highest BCUT2D eigenvalue weighted by atomic mass is 16.6. The van der Waals surface area contributed by atoms with Gasteiger partial charge >= 0.3 is 0 Å². The molecule has 1 aliphatic carbocycles. The van der Waals surface area contributed by atoms with Gasteiger partial charge < -0.3 is 4.98 Å². The Bertz CT molecular complexity index is 1610. The number of aromatic nitrogens is 5. The summed E-state index contributed by atoms with van der Waals surface area (Å²) < 4.78 is 0. The number of hydrogen-bond donors (Lipinski definition) is 2. The van der Waals surface area contributed by atoms with Crippen LogP contribution in [-0.4, -0.2) is 41.9 Å². The first kappa shape index (κ1) is 20.8. The molecule has 176 valence electrons. The lowest BCUT2D eigenvalue weighted by Crippen LogP contribution is -2.44. The molecule has 7 rings (SSSR count). The molecule has 9 nitrogen and oxygen atoms in total. The van der Waals surface area contributed by atoms with E-state index in [1.807, 2.05) is 66.7 Å². The van der Waals surface area contributed by atoms with Crippen LogP contribution in [0.3, 0.4) is 0 Å². The molecule has 4 unspecified atom stereocenters. The summed E-state index contributed by atoms with van der Waals surface area (Å²) >= 11 is 0. The molecule has 1 saturated heterocycles. The Hall–Kier alpha value is -4.50. The van der Waals surface area contributed by atoms with Crippen LogP contribution < -0.4 is 5.32 Å². The van der Waals surface area contributed by atoms with E-state index in [0.717, 1.165) is 33.5 Å². The topological polar surface area (TPSA) is 123 Å². The molecule has 2 aliphatic rings. The van der Waals surface area contributed by atoms with Crippen LogP contribution >= 0.6 is 0 Å². The van der Waals surface area contributed by atoms with Gasteiger partial charge in [-0.3, -0.25) is 20.4 Å². The first-order valence-electron chi connectivity index (χ1n) is 11.8.